The summed E-state index contributed by atoms with van der Waals surface area (Å²) in [6.45, 7) is 8.20. The SMILES string of the molecule is CCC1C2N=C3CC4=C(CC3C2C)CC1(CC)C=NCC4. The first-order valence-corrected chi connectivity index (χ1v) is 8.96. The number of rotatable bonds is 2. The van der Waals surface area contributed by atoms with Crippen LogP contribution in [0.3, 0.4) is 0 Å². The molecule has 114 valence electrons. The van der Waals surface area contributed by atoms with Gasteiger partial charge in [-0.2, -0.15) is 0 Å². The average Bonchev–Trinajstić information content (AvgIpc) is 2.80. The molecule has 0 amide bonds. The second kappa shape index (κ2) is 4.79. The molecule has 0 radical (unpaired) electrons. The molecule has 4 bridgehead atoms. The molecule has 2 heteroatoms. The van der Waals surface area contributed by atoms with Crippen molar-refractivity contribution in [1.29, 1.82) is 0 Å². The lowest BCUT2D eigenvalue weighted by Crippen LogP contribution is -2.44. The van der Waals surface area contributed by atoms with Crippen LogP contribution < -0.4 is 0 Å². The minimum absolute atomic E-state index is 0.267. The van der Waals surface area contributed by atoms with E-state index in [4.69, 9.17) is 9.98 Å². The Bertz CT molecular complexity index is 542. The maximum absolute atomic E-state index is 5.30. The molecule has 4 aliphatic rings. The van der Waals surface area contributed by atoms with Crippen LogP contribution in [0.1, 0.15) is 59.3 Å². The fourth-order valence-electron chi connectivity index (χ4n) is 5.68. The van der Waals surface area contributed by atoms with Crippen molar-refractivity contribution in [3.8, 4) is 0 Å². The van der Waals surface area contributed by atoms with Crippen LogP contribution in [0.5, 0.6) is 0 Å². The molecule has 1 fully saturated rings. The Morgan fingerprint density at radius 3 is 2.90 bits per heavy atom. The van der Waals surface area contributed by atoms with Gasteiger partial charge < -0.3 is 0 Å². The summed E-state index contributed by atoms with van der Waals surface area (Å²) >= 11 is 0. The van der Waals surface area contributed by atoms with Crippen molar-refractivity contribution in [3.05, 3.63) is 11.1 Å². The van der Waals surface area contributed by atoms with Crippen LogP contribution in [0.4, 0.5) is 0 Å². The van der Waals surface area contributed by atoms with E-state index >= 15 is 0 Å². The van der Waals surface area contributed by atoms with Crippen LogP contribution in [-0.4, -0.2) is 24.5 Å². The van der Waals surface area contributed by atoms with Crippen molar-refractivity contribution in [2.45, 2.75) is 65.3 Å². The molecule has 2 heterocycles. The number of allylic oxidation sites excluding steroid dienone is 1. The van der Waals surface area contributed by atoms with Gasteiger partial charge in [-0.25, -0.2) is 0 Å². The van der Waals surface area contributed by atoms with Gasteiger partial charge in [0.1, 0.15) is 0 Å². The summed E-state index contributed by atoms with van der Waals surface area (Å²) in [4.78, 5) is 10.1. The first kappa shape index (κ1) is 13.7. The highest BCUT2D eigenvalue weighted by Crippen LogP contribution is 2.54. The minimum atomic E-state index is 0.267. The Labute approximate surface area is 128 Å². The molecule has 0 N–H and O–H groups in total. The lowest BCUT2D eigenvalue weighted by Gasteiger charge is -2.45. The molecule has 2 aliphatic heterocycles. The summed E-state index contributed by atoms with van der Waals surface area (Å²) in [5.41, 5.74) is 5.29. The normalized spacial score (nSPS) is 44.4. The molecule has 0 spiro atoms. The third kappa shape index (κ3) is 1.83. The first-order valence-electron chi connectivity index (χ1n) is 8.96. The standard InChI is InChI=1S/C19H28N2/c1-4-16-18-12(3)15-8-14-10-19(16,5-2)11-20-7-6-13(14)9-17(15)21-18/h11-12,15-16,18H,4-10H2,1-3H3. The number of aliphatic imine (C=N–C) groups is 2. The van der Waals surface area contributed by atoms with Crippen LogP contribution in [0.15, 0.2) is 21.1 Å². The van der Waals surface area contributed by atoms with Gasteiger partial charge in [0.25, 0.3) is 0 Å². The number of hydrogen-bond acceptors (Lipinski definition) is 2. The molecule has 5 unspecified atom stereocenters. The van der Waals surface area contributed by atoms with Gasteiger partial charge in [0, 0.05) is 36.2 Å². The Kier molecular flexibility index (Phi) is 3.13. The van der Waals surface area contributed by atoms with Crippen LogP contribution in [-0.2, 0) is 0 Å². The van der Waals surface area contributed by atoms with E-state index in [1.54, 1.807) is 16.9 Å². The quantitative estimate of drug-likeness (QED) is 0.669. The van der Waals surface area contributed by atoms with Gasteiger partial charge >= 0.3 is 0 Å². The monoisotopic (exact) mass is 284 g/mol. The van der Waals surface area contributed by atoms with Gasteiger partial charge in [0.15, 0.2) is 0 Å². The summed E-state index contributed by atoms with van der Waals surface area (Å²) in [5, 5.41) is 0. The second-order valence-corrected chi connectivity index (χ2v) is 7.73. The average molecular weight is 284 g/mol. The molecule has 5 atom stereocenters. The minimum Gasteiger partial charge on any atom is -0.297 e. The summed E-state index contributed by atoms with van der Waals surface area (Å²) in [6.07, 6.45) is 9.73. The number of hydrogen-bond donors (Lipinski definition) is 0. The molecule has 0 aromatic heterocycles. The van der Waals surface area contributed by atoms with E-state index in [1.165, 1.54) is 38.5 Å². The van der Waals surface area contributed by atoms with Gasteiger partial charge in [-0.05, 0) is 37.5 Å². The van der Waals surface area contributed by atoms with Crippen LogP contribution in [0.25, 0.3) is 0 Å². The van der Waals surface area contributed by atoms with Gasteiger partial charge in [0.2, 0.25) is 0 Å². The zero-order valence-corrected chi connectivity index (χ0v) is 13.7. The van der Waals surface area contributed by atoms with Crippen LogP contribution >= 0.6 is 0 Å². The number of nitrogens with zero attached hydrogens (tertiary/aromatic N) is 2. The van der Waals surface area contributed by atoms with Gasteiger partial charge in [-0.3, -0.25) is 9.98 Å². The molecular weight excluding hydrogens is 256 g/mol. The maximum Gasteiger partial charge on any atom is 0.0568 e. The smallest absolute Gasteiger partial charge is 0.0568 e. The molecule has 0 saturated heterocycles. The fourth-order valence-corrected chi connectivity index (χ4v) is 5.68. The molecular formula is C19H28N2. The maximum atomic E-state index is 5.30. The molecule has 2 aliphatic carbocycles. The number of fused-ring (bicyclic) bond motifs is 2. The van der Waals surface area contributed by atoms with Gasteiger partial charge in [-0.1, -0.05) is 38.3 Å². The van der Waals surface area contributed by atoms with Crippen molar-refractivity contribution in [2.24, 2.45) is 33.2 Å². The largest absolute Gasteiger partial charge is 0.297 e. The molecule has 0 aromatic carbocycles. The zero-order valence-electron chi connectivity index (χ0n) is 13.7. The first-order chi connectivity index (χ1) is 10.2. The summed E-state index contributed by atoms with van der Waals surface area (Å²) in [7, 11) is 0. The summed E-state index contributed by atoms with van der Waals surface area (Å²) < 4.78 is 0. The van der Waals surface area contributed by atoms with Crippen molar-refractivity contribution < 1.29 is 0 Å². The van der Waals surface area contributed by atoms with Gasteiger partial charge in [0.05, 0.1) is 6.04 Å². The molecule has 4 rings (SSSR count). The van der Waals surface area contributed by atoms with E-state index in [9.17, 15) is 0 Å². The third-order valence-electron chi connectivity index (χ3n) is 6.96. The molecule has 0 aromatic rings. The van der Waals surface area contributed by atoms with Gasteiger partial charge in [-0.15, -0.1) is 0 Å². The lowest BCUT2D eigenvalue weighted by molar-refractivity contribution is 0.153. The van der Waals surface area contributed by atoms with Crippen molar-refractivity contribution in [3.63, 3.8) is 0 Å². The van der Waals surface area contributed by atoms with Crippen molar-refractivity contribution >= 4 is 11.9 Å². The highest BCUT2D eigenvalue weighted by molar-refractivity contribution is 5.93. The van der Waals surface area contributed by atoms with Crippen LogP contribution in [0, 0.1) is 23.2 Å². The fraction of sp³-hybridized carbons (Fsp3) is 0.789. The highest BCUT2D eigenvalue weighted by Gasteiger charge is 2.51. The van der Waals surface area contributed by atoms with E-state index in [0.29, 0.717) is 12.0 Å². The topological polar surface area (TPSA) is 24.7 Å². The molecule has 1 saturated carbocycles. The Morgan fingerprint density at radius 2 is 2.14 bits per heavy atom. The Morgan fingerprint density at radius 1 is 1.29 bits per heavy atom. The zero-order chi connectivity index (χ0) is 14.6. The van der Waals surface area contributed by atoms with E-state index in [2.05, 4.69) is 27.0 Å². The summed E-state index contributed by atoms with van der Waals surface area (Å²) in [5.74, 6) is 2.17. The Balaban J connectivity index is 1.91. The summed E-state index contributed by atoms with van der Waals surface area (Å²) in [6, 6.07) is 0.542. The van der Waals surface area contributed by atoms with E-state index in [-0.39, 0.29) is 5.41 Å². The molecule has 21 heavy (non-hydrogen) atoms. The second-order valence-electron chi connectivity index (χ2n) is 7.73. The Hall–Kier alpha value is -0.920. The lowest BCUT2D eigenvalue weighted by atomic mass is 9.58. The van der Waals surface area contributed by atoms with E-state index < -0.39 is 0 Å². The van der Waals surface area contributed by atoms with Crippen molar-refractivity contribution in [1.82, 2.24) is 0 Å². The highest BCUT2D eigenvalue weighted by atomic mass is 14.9. The molecule has 2 nitrogen and oxygen atoms in total. The van der Waals surface area contributed by atoms with Crippen LogP contribution in [0.2, 0.25) is 0 Å². The van der Waals surface area contributed by atoms with E-state index in [1.807, 2.05) is 0 Å². The third-order valence-corrected chi connectivity index (χ3v) is 6.96. The van der Waals surface area contributed by atoms with E-state index in [0.717, 1.165) is 18.4 Å². The predicted molar refractivity (Wildman–Crippen MR) is 89.2 cm³/mol. The predicted octanol–water partition coefficient (Wildman–Crippen LogP) is 4.45. The van der Waals surface area contributed by atoms with Crippen molar-refractivity contribution in [2.75, 3.05) is 6.54 Å².